The van der Waals surface area contributed by atoms with Gasteiger partial charge >= 0.3 is 5.97 Å². The summed E-state index contributed by atoms with van der Waals surface area (Å²) in [6, 6.07) is 15.6. The number of hydrogen-bond acceptors (Lipinski definition) is 5. The van der Waals surface area contributed by atoms with E-state index >= 15 is 0 Å². The first kappa shape index (κ1) is 24.2. The van der Waals surface area contributed by atoms with Gasteiger partial charge in [0.2, 0.25) is 0 Å². The molecule has 1 saturated heterocycles. The minimum absolute atomic E-state index is 0.0105. The number of carboxylic acid groups (broad SMARTS) is 1. The number of piperazine rings is 1. The van der Waals surface area contributed by atoms with Gasteiger partial charge in [0, 0.05) is 81.0 Å². The maximum atomic E-state index is 13.6. The van der Waals surface area contributed by atoms with E-state index in [0.29, 0.717) is 44.7 Å². The zero-order valence-electron chi connectivity index (χ0n) is 20.1. The largest absolute Gasteiger partial charge is 0.497 e. The molecule has 4 rings (SSSR count). The fraction of sp³-hybridized carbons (Fsp3) is 0.333. The molecule has 184 valence electrons. The van der Waals surface area contributed by atoms with Gasteiger partial charge in [-0.3, -0.25) is 9.59 Å². The van der Waals surface area contributed by atoms with Crippen LogP contribution < -0.4 is 14.4 Å². The summed E-state index contributed by atoms with van der Waals surface area (Å²) in [5.41, 5.74) is 3.48. The van der Waals surface area contributed by atoms with Crippen LogP contribution in [0.5, 0.6) is 11.5 Å². The van der Waals surface area contributed by atoms with E-state index in [2.05, 4.69) is 4.90 Å². The third-order valence-electron chi connectivity index (χ3n) is 6.27. The van der Waals surface area contributed by atoms with Crippen LogP contribution in [0.2, 0.25) is 0 Å². The second-order valence-electron chi connectivity index (χ2n) is 8.54. The van der Waals surface area contributed by atoms with Crippen LogP contribution in [-0.2, 0) is 11.3 Å². The Morgan fingerprint density at radius 3 is 2.17 bits per heavy atom. The molecule has 0 unspecified atom stereocenters. The standard InChI is InChI=1S/C27H31N3O5/c1-34-22-15-21(16-23(17-22)35-2)29-11-13-30(14-12-29)27(33)25-19-28(10-6-9-26(31)32)18-24(25)20-7-4-3-5-8-20/h3-5,7-8,15-19H,6,9-14H2,1-2H3,(H,31,32). The van der Waals surface area contributed by atoms with Crippen LogP contribution in [0.25, 0.3) is 11.1 Å². The van der Waals surface area contributed by atoms with E-state index in [1.807, 2.05) is 70.4 Å². The summed E-state index contributed by atoms with van der Waals surface area (Å²) >= 11 is 0. The molecule has 1 amide bonds. The molecule has 1 aliphatic heterocycles. The number of carboxylic acids is 1. The van der Waals surface area contributed by atoms with E-state index in [0.717, 1.165) is 28.3 Å². The number of amides is 1. The highest BCUT2D eigenvalue weighted by Crippen LogP contribution is 2.30. The van der Waals surface area contributed by atoms with E-state index in [9.17, 15) is 9.59 Å². The molecule has 0 radical (unpaired) electrons. The molecule has 8 heteroatoms. The molecule has 3 aromatic rings. The van der Waals surface area contributed by atoms with Gasteiger partial charge in [-0.25, -0.2) is 0 Å². The van der Waals surface area contributed by atoms with Gasteiger partial charge in [-0.05, 0) is 12.0 Å². The summed E-state index contributed by atoms with van der Waals surface area (Å²) in [5.74, 6) is 0.635. The number of methoxy groups -OCH3 is 2. The lowest BCUT2D eigenvalue weighted by molar-refractivity contribution is -0.137. The average Bonchev–Trinajstić information content (AvgIpc) is 3.32. The number of anilines is 1. The van der Waals surface area contributed by atoms with Crippen molar-refractivity contribution < 1.29 is 24.2 Å². The number of hydrogen-bond donors (Lipinski definition) is 1. The zero-order chi connectivity index (χ0) is 24.8. The minimum Gasteiger partial charge on any atom is -0.497 e. The first-order chi connectivity index (χ1) is 17.0. The number of aryl methyl sites for hydroxylation is 1. The highest BCUT2D eigenvalue weighted by atomic mass is 16.5. The molecule has 0 bridgehead atoms. The van der Waals surface area contributed by atoms with Crippen molar-refractivity contribution in [1.29, 1.82) is 0 Å². The van der Waals surface area contributed by atoms with Gasteiger partial charge in [0.25, 0.3) is 5.91 Å². The van der Waals surface area contributed by atoms with Crippen molar-refractivity contribution in [3.63, 3.8) is 0 Å². The van der Waals surface area contributed by atoms with Crippen molar-refractivity contribution in [1.82, 2.24) is 9.47 Å². The summed E-state index contributed by atoms with van der Waals surface area (Å²) in [6.45, 7) is 3.13. The number of aliphatic carboxylic acids is 1. The molecule has 0 atom stereocenters. The Morgan fingerprint density at radius 2 is 1.57 bits per heavy atom. The Hall–Kier alpha value is -3.94. The summed E-state index contributed by atoms with van der Waals surface area (Å²) in [5, 5.41) is 8.96. The van der Waals surface area contributed by atoms with Gasteiger partial charge in [-0.15, -0.1) is 0 Å². The van der Waals surface area contributed by atoms with Crippen molar-refractivity contribution in [2.75, 3.05) is 45.3 Å². The second-order valence-corrected chi connectivity index (χ2v) is 8.54. The van der Waals surface area contributed by atoms with Crippen LogP contribution in [0.15, 0.2) is 60.9 Å². The van der Waals surface area contributed by atoms with Gasteiger partial charge < -0.3 is 28.9 Å². The van der Waals surface area contributed by atoms with Crippen LogP contribution in [0.1, 0.15) is 23.2 Å². The van der Waals surface area contributed by atoms with Crippen LogP contribution in [-0.4, -0.2) is 66.8 Å². The Balaban J connectivity index is 1.50. The first-order valence-corrected chi connectivity index (χ1v) is 11.7. The highest BCUT2D eigenvalue weighted by Gasteiger charge is 2.26. The van der Waals surface area contributed by atoms with Crippen molar-refractivity contribution in [3.05, 3.63) is 66.5 Å². The third-order valence-corrected chi connectivity index (χ3v) is 6.27. The van der Waals surface area contributed by atoms with Crippen molar-refractivity contribution in [2.45, 2.75) is 19.4 Å². The smallest absolute Gasteiger partial charge is 0.303 e. The summed E-state index contributed by atoms with van der Waals surface area (Å²) in [4.78, 5) is 28.6. The lowest BCUT2D eigenvalue weighted by atomic mass is 10.0. The van der Waals surface area contributed by atoms with Gasteiger partial charge in [0.05, 0.1) is 19.8 Å². The Labute approximate surface area is 205 Å². The SMILES string of the molecule is COc1cc(OC)cc(N2CCN(C(=O)c3cn(CCCC(=O)O)cc3-c3ccccc3)CC2)c1. The molecule has 0 aliphatic carbocycles. The van der Waals surface area contributed by atoms with E-state index in [4.69, 9.17) is 14.6 Å². The van der Waals surface area contributed by atoms with Crippen molar-refractivity contribution in [3.8, 4) is 22.6 Å². The Morgan fingerprint density at radius 1 is 0.914 bits per heavy atom. The molecule has 2 aromatic carbocycles. The topological polar surface area (TPSA) is 84.2 Å². The van der Waals surface area contributed by atoms with Crippen molar-refractivity contribution in [2.24, 2.45) is 0 Å². The maximum Gasteiger partial charge on any atom is 0.303 e. The van der Waals surface area contributed by atoms with Crippen LogP contribution in [0, 0.1) is 0 Å². The van der Waals surface area contributed by atoms with Crippen molar-refractivity contribution >= 4 is 17.6 Å². The van der Waals surface area contributed by atoms with E-state index in [-0.39, 0.29) is 12.3 Å². The number of carbonyl (C=O) groups excluding carboxylic acids is 1. The summed E-state index contributed by atoms with van der Waals surface area (Å²) in [7, 11) is 3.26. The molecule has 35 heavy (non-hydrogen) atoms. The van der Waals surface area contributed by atoms with E-state index in [1.54, 1.807) is 14.2 Å². The number of aromatic nitrogens is 1. The minimum atomic E-state index is -0.816. The third kappa shape index (κ3) is 5.77. The molecule has 1 aromatic heterocycles. The molecule has 1 fully saturated rings. The van der Waals surface area contributed by atoms with Gasteiger partial charge in [-0.2, -0.15) is 0 Å². The van der Waals surface area contributed by atoms with Crippen LogP contribution >= 0.6 is 0 Å². The number of rotatable bonds is 9. The number of carbonyl (C=O) groups is 2. The highest BCUT2D eigenvalue weighted by molar-refractivity contribution is 6.01. The monoisotopic (exact) mass is 477 g/mol. The Kier molecular flexibility index (Phi) is 7.60. The normalized spacial score (nSPS) is 13.5. The van der Waals surface area contributed by atoms with E-state index < -0.39 is 5.97 Å². The van der Waals surface area contributed by atoms with Crippen LogP contribution in [0.4, 0.5) is 5.69 Å². The molecular weight excluding hydrogens is 446 g/mol. The molecule has 0 saturated carbocycles. The number of benzene rings is 2. The molecule has 1 N–H and O–H groups in total. The molecular formula is C27H31N3O5. The molecule has 0 spiro atoms. The first-order valence-electron chi connectivity index (χ1n) is 11.7. The van der Waals surface area contributed by atoms with Crippen LogP contribution in [0.3, 0.4) is 0 Å². The van der Waals surface area contributed by atoms with Gasteiger partial charge in [0.1, 0.15) is 11.5 Å². The predicted octanol–water partition coefficient (Wildman–Crippen LogP) is 4.00. The zero-order valence-corrected chi connectivity index (χ0v) is 20.1. The summed E-state index contributed by atoms with van der Waals surface area (Å²) in [6.07, 6.45) is 4.41. The lowest BCUT2D eigenvalue weighted by Gasteiger charge is -2.36. The number of ether oxygens (including phenoxy) is 2. The average molecular weight is 478 g/mol. The quantitative estimate of drug-likeness (QED) is 0.502. The summed E-state index contributed by atoms with van der Waals surface area (Å²) < 4.78 is 12.7. The predicted molar refractivity (Wildman–Crippen MR) is 134 cm³/mol. The fourth-order valence-electron chi connectivity index (χ4n) is 4.38. The lowest BCUT2D eigenvalue weighted by Crippen LogP contribution is -2.48. The van der Waals surface area contributed by atoms with E-state index in [1.165, 1.54) is 0 Å². The maximum absolute atomic E-state index is 13.6. The molecule has 2 heterocycles. The van der Waals surface area contributed by atoms with Gasteiger partial charge in [-0.1, -0.05) is 30.3 Å². The fourth-order valence-corrected chi connectivity index (χ4v) is 4.38. The second kappa shape index (κ2) is 11.0. The molecule has 8 nitrogen and oxygen atoms in total. The Bertz CT molecular complexity index is 1140. The molecule has 1 aliphatic rings. The van der Waals surface area contributed by atoms with Gasteiger partial charge in [0.15, 0.2) is 0 Å². The number of nitrogens with zero attached hydrogens (tertiary/aromatic N) is 3.